The number of alkyl halides is 3. The molecular weight excluding hydrogens is 670 g/mol. The van der Waals surface area contributed by atoms with Crippen molar-refractivity contribution in [1.29, 1.82) is 0 Å². The molecule has 0 aliphatic carbocycles. The minimum absolute atomic E-state index is 0.0283. The maximum atomic E-state index is 15.1. The number of hydrazone groups is 1. The van der Waals surface area contributed by atoms with Gasteiger partial charge in [-0.15, -0.1) is 0 Å². The summed E-state index contributed by atoms with van der Waals surface area (Å²) in [6.45, 7) is 6.07. The number of anilines is 1. The number of hydrogen-bond donors (Lipinski definition) is 2. The molecule has 48 heavy (non-hydrogen) atoms. The van der Waals surface area contributed by atoms with Crippen LogP contribution < -0.4 is 25.0 Å². The van der Waals surface area contributed by atoms with Gasteiger partial charge in [0.2, 0.25) is 0 Å². The lowest BCUT2D eigenvalue weighted by atomic mass is 9.99. The molecule has 0 amide bonds. The van der Waals surface area contributed by atoms with Crippen LogP contribution in [0.15, 0.2) is 65.9 Å². The maximum absolute atomic E-state index is 15.1. The van der Waals surface area contributed by atoms with Crippen LogP contribution in [0, 0.1) is 11.7 Å². The Kier molecular flexibility index (Phi) is 11.6. The average molecular weight is 704 g/mol. The zero-order valence-corrected chi connectivity index (χ0v) is 27.8. The third-order valence-electron chi connectivity index (χ3n) is 7.82. The molecule has 5 rings (SSSR count). The van der Waals surface area contributed by atoms with E-state index in [4.69, 9.17) is 38.0 Å². The zero-order chi connectivity index (χ0) is 34.3. The monoisotopic (exact) mass is 703 g/mol. The van der Waals surface area contributed by atoms with Crippen LogP contribution >= 0.6 is 23.8 Å². The highest BCUT2D eigenvalue weighted by Crippen LogP contribution is 2.38. The molecule has 0 unspecified atom stereocenters. The fourth-order valence-corrected chi connectivity index (χ4v) is 5.58. The SMILES string of the molecule is COc1cc2c(Oc3ccc(/C=N/NC(=S)Nc4ccc(Cl)c(C(F)(F)F)c4)cc3F)ccnc2cc1OCCCN1CCC(C)CC1. The number of fused-ring (bicyclic) bond motifs is 1. The molecule has 14 heteroatoms. The van der Waals surface area contributed by atoms with Crippen LogP contribution in [-0.4, -0.2) is 54.6 Å². The zero-order valence-electron chi connectivity index (χ0n) is 26.2. The molecule has 1 fully saturated rings. The first-order valence-electron chi connectivity index (χ1n) is 15.3. The first kappa shape index (κ1) is 35.1. The molecule has 3 aromatic carbocycles. The Morgan fingerprint density at radius 1 is 1.06 bits per heavy atom. The van der Waals surface area contributed by atoms with Crippen LogP contribution in [0.2, 0.25) is 5.02 Å². The van der Waals surface area contributed by atoms with Gasteiger partial charge in [0.15, 0.2) is 28.2 Å². The molecule has 8 nitrogen and oxygen atoms in total. The number of thiocarbonyl (C=S) groups is 1. The van der Waals surface area contributed by atoms with Crippen LogP contribution in [0.25, 0.3) is 10.9 Å². The Bertz CT molecular complexity index is 1780. The molecule has 1 aromatic heterocycles. The predicted octanol–water partition coefficient (Wildman–Crippen LogP) is 8.67. The molecule has 0 spiro atoms. The van der Waals surface area contributed by atoms with Gasteiger partial charge in [0.05, 0.1) is 36.0 Å². The smallest absolute Gasteiger partial charge is 0.417 e. The Balaban J connectivity index is 1.19. The number of methoxy groups -OCH3 is 1. The van der Waals surface area contributed by atoms with Gasteiger partial charge in [-0.25, -0.2) is 4.39 Å². The second-order valence-electron chi connectivity index (χ2n) is 11.4. The van der Waals surface area contributed by atoms with E-state index in [1.54, 1.807) is 37.6 Å². The van der Waals surface area contributed by atoms with Crippen molar-refractivity contribution in [3.05, 3.63) is 82.8 Å². The van der Waals surface area contributed by atoms with E-state index in [0.29, 0.717) is 40.3 Å². The highest BCUT2D eigenvalue weighted by molar-refractivity contribution is 7.80. The van der Waals surface area contributed by atoms with Crippen LogP contribution in [0.5, 0.6) is 23.0 Å². The first-order chi connectivity index (χ1) is 23.0. The van der Waals surface area contributed by atoms with Gasteiger partial charge < -0.3 is 24.4 Å². The number of halogens is 5. The Labute approximate surface area is 286 Å². The molecule has 0 radical (unpaired) electrons. The number of hydrogen-bond acceptors (Lipinski definition) is 7. The van der Waals surface area contributed by atoms with Crippen molar-refractivity contribution in [1.82, 2.24) is 15.3 Å². The van der Waals surface area contributed by atoms with E-state index >= 15 is 4.39 Å². The third-order valence-corrected chi connectivity index (χ3v) is 8.35. The third kappa shape index (κ3) is 9.24. The van der Waals surface area contributed by atoms with E-state index in [0.717, 1.165) is 44.1 Å². The van der Waals surface area contributed by atoms with Crippen molar-refractivity contribution < 1.29 is 31.8 Å². The van der Waals surface area contributed by atoms with Gasteiger partial charge in [-0.2, -0.15) is 18.3 Å². The van der Waals surface area contributed by atoms with Crippen molar-refractivity contribution in [2.75, 3.05) is 38.7 Å². The summed E-state index contributed by atoms with van der Waals surface area (Å²) in [5.74, 6) is 1.57. The normalized spacial score (nSPS) is 14.3. The molecule has 1 aliphatic heterocycles. The standard InChI is InChI=1S/C34H34ClF4N5O3S/c1-21-9-13-44(14-10-21)12-3-15-46-32-19-28-24(18-31(32)45-2)29(8-11-40-28)47-30-7-4-22(16-27(30)36)20-41-43-33(48)42-23-5-6-26(35)25(17-23)34(37,38)39/h4-8,11,16-21H,3,9-10,12-15H2,1-2H3,(H2,42,43,48)/b41-20+. The summed E-state index contributed by atoms with van der Waals surface area (Å²) < 4.78 is 72.1. The summed E-state index contributed by atoms with van der Waals surface area (Å²) in [6, 6.07) is 12.7. The van der Waals surface area contributed by atoms with E-state index in [1.165, 1.54) is 37.3 Å². The van der Waals surface area contributed by atoms with Crippen molar-refractivity contribution >= 4 is 51.7 Å². The summed E-state index contributed by atoms with van der Waals surface area (Å²) in [7, 11) is 1.55. The predicted molar refractivity (Wildman–Crippen MR) is 183 cm³/mol. The van der Waals surface area contributed by atoms with E-state index in [2.05, 4.69) is 32.7 Å². The van der Waals surface area contributed by atoms with Crippen LogP contribution in [0.1, 0.15) is 37.3 Å². The average Bonchev–Trinajstić information content (AvgIpc) is 3.05. The van der Waals surface area contributed by atoms with Gasteiger partial charge in [0.1, 0.15) is 5.75 Å². The number of nitrogens with one attached hydrogen (secondary N) is 2. The Hall–Kier alpha value is -4.20. The summed E-state index contributed by atoms with van der Waals surface area (Å²) in [5, 5.41) is 6.63. The highest BCUT2D eigenvalue weighted by atomic mass is 35.5. The summed E-state index contributed by atoms with van der Waals surface area (Å²) in [6.07, 6.45) is 1.60. The second kappa shape index (κ2) is 15.8. The van der Waals surface area contributed by atoms with Crippen molar-refractivity contribution in [2.24, 2.45) is 11.0 Å². The number of piperidine rings is 1. The van der Waals surface area contributed by atoms with Crippen molar-refractivity contribution in [3.8, 4) is 23.0 Å². The lowest BCUT2D eigenvalue weighted by Crippen LogP contribution is -2.34. The van der Waals surface area contributed by atoms with Gasteiger partial charge in [0, 0.05) is 29.9 Å². The van der Waals surface area contributed by atoms with E-state index in [-0.39, 0.29) is 16.5 Å². The second-order valence-corrected chi connectivity index (χ2v) is 12.2. The Morgan fingerprint density at radius 3 is 2.58 bits per heavy atom. The molecule has 0 saturated carbocycles. The largest absolute Gasteiger partial charge is 0.493 e. The number of ether oxygens (including phenoxy) is 3. The van der Waals surface area contributed by atoms with Gasteiger partial charge in [-0.1, -0.05) is 18.5 Å². The van der Waals surface area contributed by atoms with Gasteiger partial charge >= 0.3 is 6.18 Å². The molecule has 2 heterocycles. The fraction of sp³-hybridized carbons (Fsp3) is 0.324. The lowest BCUT2D eigenvalue weighted by molar-refractivity contribution is -0.137. The first-order valence-corrected chi connectivity index (χ1v) is 16.0. The minimum atomic E-state index is -4.62. The molecule has 254 valence electrons. The number of rotatable bonds is 11. The molecule has 2 N–H and O–H groups in total. The van der Waals surface area contributed by atoms with Gasteiger partial charge in [-0.3, -0.25) is 10.4 Å². The summed E-state index contributed by atoms with van der Waals surface area (Å²) >= 11 is 10.7. The summed E-state index contributed by atoms with van der Waals surface area (Å²) in [5.41, 5.74) is 2.52. The highest BCUT2D eigenvalue weighted by Gasteiger charge is 2.33. The van der Waals surface area contributed by atoms with Crippen LogP contribution in [0.3, 0.4) is 0 Å². The minimum Gasteiger partial charge on any atom is -0.493 e. The van der Waals surface area contributed by atoms with E-state index < -0.39 is 22.6 Å². The maximum Gasteiger partial charge on any atom is 0.417 e. The number of likely N-dealkylation sites (tertiary alicyclic amines) is 1. The molecule has 0 atom stereocenters. The molecule has 1 saturated heterocycles. The van der Waals surface area contributed by atoms with Crippen molar-refractivity contribution in [2.45, 2.75) is 32.4 Å². The molecule has 0 bridgehead atoms. The van der Waals surface area contributed by atoms with Gasteiger partial charge in [-0.05, 0) is 105 Å². The van der Waals surface area contributed by atoms with Crippen molar-refractivity contribution in [3.63, 3.8) is 0 Å². The van der Waals surface area contributed by atoms with Gasteiger partial charge in [0.25, 0.3) is 0 Å². The number of benzene rings is 3. The quantitative estimate of drug-likeness (QED) is 0.0528. The van der Waals surface area contributed by atoms with E-state index in [1.807, 2.05) is 0 Å². The number of aromatic nitrogens is 1. The topological polar surface area (TPSA) is 80.2 Å². The molecule has 1 aliphatic rings. The molecular formula is C34H34ClF4N5O3S. The molecule has 4 aromatic rings. The fourth-order valence-electron chi connectivity index (χ4n) is 5.19. The Morgan fingerprint density at radius 2 is 1.85 bits per heavy atom. The number of pyridine rings is 1. The summed E-state index contributed by atoms with van der Waals surface area (Å²) in [4.78, 5) is 6.92. The van der Waals surface area contributed by atoms with Crippen LogP contribution in [0.4, 0.5) is 23.2 Å². The lowest BCUT2D eigenvalue weighted by Gasteiger charge is -2.30. The van der Waals surface area contributed by atoms with E-state index in [9.17, 15) is 13.2 Å². The number of nitrogens with zero attached hydrogens (tertiary/aromatic N) is 3. The van der Waals surface area contributed by atoms with Crippen LogP contribution in [-0.2, 0) is 6.18 Å².